The van der Waals surface area contributed by atoms with Crippen LogP contribution in [0.15, 0.2) is 48.5 Å². The van der Waals surface area contributed by atoms with E-state index in [1.54, 1.807) is 48.5 Å². The van der Waals surface area contributed by atoms with Crippen LogP contribution in [0.3, 0.4) is 0 Å². The molecule has 0 aromatic heterocycles. The van der Waals surface area contributed by atoms with Gasteiger partial charge in [0.25, 0.3) is 0 Å². The topological polar surface area (TPSA) is 81.6 Å². The van der Waals surface area contributed by atoms with E-state index in [2.05, 4.69) is 10.6 Å². The third kappa shape index (κ3) is 5.37. The van der Waals surface area contributed by atoms with Crippen molar-refractivity contribution in [3.05, 3.63) is 59.7 Å². The normalized spacial score (nSPS) is 12.7. The number of phenols is 1. The zero-order chi connectivity index (χ0) is 17.7. The number of aromatic hydroxyl groups is 1. The summed E-state index contributed by atoms with van der Waals surface area (Å²) in [6.07, 6.45) is -0.736. The fraction of sp³-hybridized carbons (Fsp3) is 0.316. The molecule has 1 amide bonds. The molecule has 24 heavy (non-hydrogen) atoms. The average Bonchev–Trinajstić information content (AvgIpc) is 2.48. The van der Waals surface area contributed by atoms with Gasteiger partial charge in [-0.3, -0.25) is 10.1 Å². The lowest BCUT2D eigenvalue weighted by molar-refractivity contribution is -0.115. The number of hydrogen-bond donors (Lipinski definition) is 4. The number of nitrogens with one attached hydrogen (secondary N) is 2. The van der Waals surface area contributed by atoms with Gasteiger partial charge in [-0.2, -0.15) is 0 Å². The molecule has 0 aliphatic heterocycles. The van der Waals surface area contributed by atoms with Crippen molar-refractivity contribution in [2.24, 2.45) is 0 Å². The summed E-state index contributed by atoms with van der Waals surface area (Å²) >= 11 is 0. The average molecular weight is 328 g/mol. The number of carbonyl (C=O) groups excluding carboxylic acids is 1. The molecule has 0 bridgehead atoms. The lowest BCUT2D eigenvalue weighted by Crippen LogP contribution is -2.38. The summed E-state index contributed by atoms with van der Waals surface area (Å²) in [7, 11) is 0. The van der Waals surface area contributed by atoms with Crippen molar-refractivity contribution >= 4 is 11.6 Å². The van der Waals surface area contributed by atoms with Crippen molar-refractivity contribution in [3.8, 4) is 5.75 Å². The number of anilines is 1. The Balaban J connectivity index is 2.04. The maximum absolute atomic E-state index is 12.1. The summed E-state index contributed by atoms with van der Waals surface area (Å²) in [5.74, 6) is -0.127. The van der Waals surface area contributed by atoms with Crippen molar-refractivity contribution < 1.29 is 15.0 Å². The van der Waals surface area contributed by atoms with Crippen molar-refractivity contribution in [1.29, 1.82) is 0 Å². The quantitative estimate of drug-likeness (QED) is 0.636. The zero-order valence-electron chi connectivity index (χ0n) is 14.2. The maximum atomic E-state index is 12.1. The van der Waals surface area contributed by atoms with Crippen LogP contribution in [-0.4, -0.2) is 21.7 Å². The predicted octanol–water partition coefficient (Wildman–Crippen LogP) is 2.95. The molecule has 4 N–H and O–H groups in total. The smallest absolute Gasteiger partial charge is 0.228 e. The molecule has 0 heterocycles. The molecule has 2 rings (SSSR count). The first kappa shape index (κ1) is 18.0. The molecule has 128 valence electrons. The summed E-state index contributed by atoms with van der Waals surface area (Å²) in [6.45, 7) is 5.90. The molecule has 0 aliphatic rings. The van der Waals surface area contributed by atoms with E-state index in [-0.39, 0.29) is 23.6 Å². The van der Waals surface area contributed by atoms with Crippen LogP contribution in [0.5, 0.6) is 5.75 Å². The Morgan fingerprint density at radius 3 is 2.50 bits per heavy atom. The molecule has 0 aliphatic carbocycles. The molecule has 1 unspecified atom stereocenters. The number of hydrogen-bond acceptors (Lipinski definition) is 4. The Labute approximate surface area is 142 Å². The van der Waals surface area contributed by atoms with Gasteiger partial charge >= 0.3 is 0 Å². The van der Waals surface area contributed by atoms with Gasteiger partial charge in [0, 0.05) is 16.8 Å². The van der Waals surface area contributed by atoms with E-state index in [4.69, 9.17) is 0 Å². The molecular weight excluding hydrogens is 304 g/mol. The van der Waals surface area contributed by atoms with Crippen LogP contribution < -0.4 is 10.6 Å². The highest BCUT2D eigenvalue weighted by molar-refractivity contribution is 5.92. The van der Waals surface area contributed by atoms with Crippen molar-refractivity contribution in [1.82, 2.24) is 5.32 Å². The monoisotopic (exact) mass is 328 g/mol. The molecule has 0 saturated heterocycles. The zero-order valence-corrected chi connectivity index (χ0v) is 14.2. The lowest BCUT2D eigenvalue weighted by Gasteiger charge is -2.25. The number of aliphatic hydroxyl groups is 1. The number of phenolic OH excluding ortho intramolecular Hbond substituents is 1. The molecule has 0 spiro atoms. The number of carbonyl (C=O) groups is 1. The summed E-state index contributed by atoms with van der Waals surface area (Å²) in [4.78, 5) is 12.1. The summed E-state index contributed by atoms with van der Waals surface area (Å²) in [5, 5.41) is 25.8. The van der Waals surface area contributed by atoms with E-state index >= 15 is 0 Å². The summed E-state index contributed by atoms with van der Waals surface area (Å²) in [6, 6.07) is 13.8. The van der Waals surface area contributed by atoms with Gasteiger partial charge in [-0.25, -0.2) is 0 Å². The Hall–Kier alpha value is -2.37. The van der Waals surface area contributed by atoms with E-state index in [1.807, 2.05) is 20.8 Å². The Kier molecular flexibility index (Phi) is 5.59. The fourth-order valence-corrected chi connectivity index (χ4v) is 2.32. The third-order valence-corrected chi connectivity index (χ3v) is 3.40. The second kappa shape index (κ2) is 7.47. The minimum Gasteiger partial charge on any atom is -0.508 e. The number of amides is 1. The molecule has 2 aromatic carbocycles. The molecule has 5 heteroatoms. The minimum atomic E-state index is -0.819. The van der Waals surface area contributed by atoms with Crippen molar-refractivity contribution in [3.63, 3.8) is 0 Å². The van der Waals surface area contributed by atoms with E-state index in [1.165, 1.54) is 0 Å². The molecule has 0 fully saturated rings. The van der Waals surface area contributed by atoms with Crippen LogP contribution in [0.4, 0.5) is 5.69 Å². The van der Waals surface area contributed by atoms with Gasteiger partial charge in [0.1, 0.15) is 12.0 Å². The molecule has 0 radical (unpaired) electrons. The second-order valence-electron chi connectivity index (χ2n) is 6.78. The van der Waals surface area contributed by atoms with Crippen LogP contribution in [0.1, 0.15) is 38.1 Å². The first-order valence-corrected chi connectivity index (χ1v) is 7.87. The van der Waals surface area contributed by atoms with E-state index < -0.39 is 6.23 Å². The van der Waals surface area contributed by atoms with Gasteiger partial charge in [0.05, 0.1) is 6.42 Å². The second-order valence-corrected chi connectivity index (χ2v) is 6.78. The number of rotatable bonds is 5. The highest BCUT2D eigenvalue weighted by atomic mass is 16.3. The number of benzene rings is 2. The van der Waals surface area contributed by atoms with Crippen molar-refractivity contribution in [2.75, 3.05) is 5.32 Å². The standard InChI is InChI=1S/C19H24N2O3/c1-19(2,3)21-18(24)14-8-6-9-15(11-14)20-17(23)12-13-7-4-5-10-16(13)22/h4-11,18,21-22,24H,12H2,1-3H3,(H,20,23). The first-order chi connectivity index (χ1) is 11.2. The highest BCUT2D eigenvalue weighted by Crippen LogP contribution is 2.20. The van der Waals surface area contributed by atoms with Crippen LogP contribution in [0.25, 0.3) is 0 Å². The largest absolute Gasteiger partial charge is 0.508 e. The fourth-order valence-electron chi connectivity index (χ4n) is 2.32. The Morgan fingerprint density at radius 1 is 1.12 bits per heavy atom. The van der Waals surface area contributed by atoms with Gasteiger partial charge in [0.2, 0.25) is 5.91 Å². The van der Waals surface area contributed by atoms with Crippen LogP contribution in [-0.2, 0) is 11.2 Å². The van der Waals surface area contributed by atoms with Gasteiger partial charge in [-0.15, -0.1) is 0 Å². The number of aliphatic hydroxyl groups excluding tert-OH is 1. The molecular formula is C19H24N2O3. The van der Waals surface area contributed by atoms with E-state index in [9.17, 15) is 15.0 Å². The van der Waals surface area contributed by atoms with E-state index in [0.29, 0.717) is 16.8 Å². The van der Waals surface area contributed by atoms with Gasteiger partial charge in [0.15, 0.2) is 0 Å². The molecule has 5 nitrogen and oxygen atoms in total. The van der Waals surface area contributed by atoms with Gasteiger partial charge in [-0.05, 0) is 44.5 Å². The number of para-hydroxylation sites is 1. The van der Waals surface area contributed by atoms with Crippen LogP contribution in [0, 0.1) is 0 Å². The van der Waals surface area contributed by atoms with E-state index in [0.717, 1.165) is 0 Å². The SMILES string of the molecule is CC(C)(C)NC(O)c1cccc(NC(=O)Cc2ccccc2O)c1. The Bertz CT molecular complexity index is 708. The Morgan fingerprint density at radius 2 is 1.83 bits per heavy atom. The van der Waals surface area contributed by atoms with Crippen LogP contribution in [0.2, 0.25) is 0 Å². The van der Waals surface area contributed by atoms with Crippen LogP contribution >= 0.6 is 0 Å². The predicted molar refractivity (Wildman–Crippen MR) is 94.7 cm³/mol. The maximum Gasteiger partial charge on any atom is 0.228 e. The lowest BCUT2D eigenvalue weighted by atomic mass is 10.1. The van der Waals surface area contributed by atoms with Crippen molar-refractivity contribution in [2.45, 2.75) is 39.0 Å². The van der Waals surface area contributed by atoms with Gasteiger partial charge < -0.3 is 15.5 Å². The third-order valence-electron chi connectivity index (χ3n) is 3.40. The molecule has 1 atom stereocenters. The molecule has 2 aromatic rings. The summed E-state index contributed by atoms with van der Waals surface area (Å²) < 4.78 is 0. The van der Waals surface area contributed by atoms with Gasteiger partial charge in [-0.1, -0.05) is 30.3 Å². The molecule has 0 saturated carbocycles. The first-order valence-electron chi connectivity index (χ1n) is 7.87. The summed E-state index contributed by atoms with van der Waals surface area (Å²) in [5.41, 5.74) is 1.61. The minimum absolute atomic E-state index is 0.0830. The highest BCUT2D eigenvalue weighted by Gasteiger charge is 2.17.